The first-order chi connectivity index (χ1) is 13.9. The van der Waals surface area contributed by atoms with Gasteiger partial charge >= 0.3 is 6.09 Å². The van der Waals surface area contributed by atoms with Gasteiger partial charge in [-0.2, -0.15) is 0 Å². The summed E-state index contributed by atoms with van der Waals surface area (Å²) >= 11 is 0. The fraction of sp³-hybridized carbons (Fsp3) is 0.417. The number of likely N-dealkylation sites (tertiary alicyclic amines) is 1. The van der Waals surface area contributed by atoms with Gasteiger partial charge in [0.1, 0.15) is 12.1 Å². The highest BCUT2D eigenvalue weighted by Gasteiger charge is 2.46. The highest BCUT2D eigenvalue weighted by Crippen LogP contribution is 2.31. The number of rotatable bonds is 6. The molecule has 2 aromatic carbocycles. The van der Waals surface area contributed by atoms with E-state index in [9.17, 15) is 9.59 Å². The Balaban J connectivity index is 1.63. The molecule has 154 valence electrons. The molecule has 1 aliphatic heterocycles. The molecular formula is C24H30N2O3. The van der Waals surface area contributed by atoms with E-state index in [0.29, 0.717) is 13.0 Å². The molecule has 5 heteroatoms. The highest BCUT2D eigenvalue weighted by atomic mass is 16.6. The predicted molar refractivity (Wildman–Crippen MR) is 113 cm³/mol. The molecule has 0 radical (unpaired) electrons. The molecule has 2 atom stereocenters. The van der Waals surface area contributed by atoms with E-state index >= 15 is 0 Å². The van der Waals surface area contributed by atoms with Gasteiger partial charge in [-0.3, -0.25) is 9.69 Å². The van der Waals surface area contributed by atoms with Crippen molar-refractivity contribution in [1.82, 2.24) is 10.2 Å². The van der Waals surface area contributed by atoms with E-state index in [1.54, 1.807) is 4.90 Å². The predicted octanol–water partition coefficient (Wildman–Crippen LogP) is 4.62. The minimum atomic E-state index is -0.897. The maximum Gasteiger partial charge on any atom is 0.410 e. The van der Waals surface area contributed by atoms with Crippen LogP contribution in [-0.2, 0) is 22.6 Å². The van der Waals surface area contributed by atoms with Crippen LogP contribution in [0.3, 0.4) is 0 Å². The van der Waals surface area contributed by atoms with Crippen LogP contribution in [0.25, 0.3) is 0 Å². The molecule has 2 aromatic rings. The van der Waals surface area contributed by atoms with Crippen LogP contribution in [0.1, 0.15) is 56.3 Å². The van der Waals surface area contributed by atoms with Crippen LogP contribution < -0.4 is 5.32 Å². The summed E-state index contributed by atoms with van der Waals surface area (Å²) in [7, 11) is 0. The van der Waals surface area contributed by atoms with Crippen molar-refractivity contribution in [1.29, 1.82) is 0 Å². The molecule has 3 rings (SSSR count). The molecule has 0 aromatic heterocycles. The molecule has 1 N–H and O–H groups in total. The minimum absolute atomic E-state index is 0.131. The van der Waals surface area contributed by atoms with Crippen molar-refractivity contribution < 1.29 is 14.3 Å². The first-order valence-electron chi connectivity index (χ1n) is 10.3. The van der Waals surface area contributed by atoms with Gasteiger partial charge in [-0.15, -0.1) is 0 Å². The molecule has 2 amide bonds. The summed E-state index contributed by atoms with van der Waals surface area (Å²) in [5.74, 6) is -0.140. The maximum absolute atomic E-state index is 13.1. The molecule has 0 aliphatic carbocycles. The zero-order valence-corrected chi connectivity index (χ0v) is 17.5. The fourth-order valence-electron chi connectivity index (χ4n) is 3.77. The summed E-state index contributed by atoms with van der Waals surface area (Å²) in [4.78, 5) is 27.4. The second-order valence-corrected chi connectivity index (χ2v) is 7.86. The van der Waals surface area contributed by atoms with E-state index in [-0.39, 0.29) is 18.6 Å². The van der Waals surface area contributed by atoms with Crippen LogP contribution >= 0.6 is 0 Å². The van der Waals surface area contributed by atoms with Crippen LogP contribution in [-0.4, -0.2) is 29.0 Å². The van der Waals surface area contributed by atoms with E-state index in [0.717, 1.165) is 24.0 Å². The van der Waals surface area contributed by atoms with E-state index in [2.05, 4.69) is 24.4 Å². The number of nitrogens with zero attached hydrogens (tertiary/aromatic N) is 1. The molecule has 1 heterocycles. The van der Waals surface area contributed by atoms with Crippen molar-refractivity contribution in [3.05, 3.63) is 71.3 Å². The third kappa shape index (κ3) is 4.78. The van der Waals surface area contributed by atoms with Crippen LogP contribution in [0.4, 0.5) is 4.79 Å². The Bertz CT molecular complexity index is 835. The summed E-state index contributed by atoms with van der Waals surface area (Å²) in [6.07, 6.45) is 1.95. The Morgan fingerprint density at radius 3 is 2.45 bits per heavy atom. The number of ether oxygens (including phenoxy) is 1. The quantitative estimate of drug-likeness (QED) is 0.778. The van der Waals surface area contributed by atoms with Crippen molar-refractivity contribution in [3.63, 3.8) is 0 Å². The molecule has 1 saturated heterocycles. The van der Waals surface area contributed by atoms with E-state index in [1.807, 2.05) is 56.3 Å². The van der Waals surface area contributed by atoms with Crippen molar-refractivity contribution >= 4 is 12.0 Å². The second-order valence-electron chi connectivity index (χ2n) is 7.86. The largest absolute Gasteiger partial charge is 0.445 e. The van der Waals surface area contributed by atoms with Crippen molar-refractivity contribution in [3.8, 4) is 0 Å². The van der Waals surface area contributed by atoms with Gasteiger partial charge in [0.25, 0.3) is 0 Å². The summed E-state index contributed by atoms with van der Waals surface area (Å²) in [5.41, 5.74) is 2.35. The summed E-state index contributed by atoms with van der Waals surface area (Å²) in [6.45, 7) is 6.64. The molecule has 0 bridgehead atoms. The molecular weight excluding hydrogens is 364 g/mol. The number of hydrogen-bond acceptors (Lipinski definition) is 3. The second kappa shape index (κ2) is 9.12. The molecule has 2 unspecified atom stereocenters. The van der Waals surface area contributed by atoms with E-state index < -0.39 is 11.6 Å². The van der Waals surface area contributed by atoms with Crippen molar-refractivity contribution in [2.45, 2.75) is 58.2 Å². The van der Waals surface area contributed by atoms with Gasteiger partial charge in [-0.1, -0.05) is 61.5 Å². The molecule has 5 nitrogen and oxygen atoms in total. The third-order valence-corrected chi connectivity index (χ3v) is 5.79. The highest BCUT2D eigenvalue weighted by molar-refractivity contribution is 5.90. The Hall–Kier alpha value is -2.82. The molecule has 1 aliphatic rings. The lowest BCUT2D eigenvalue weighted by molar-refractivity contribution is -0.131. The normalized spacial score (nSPS) is 19.6. The third-order valence-electron chi connectivity index (χ3n) is 5.79. The van der Waals surface area contributed by atoms with Crippen LogP contribution in [0, 0.1) is 0 Å². The van der Waals surface area contributed by atoms with Gasteiger partial charge in [-0.05, 0) is 49.8 Å². The first-order valence-corrected chi connectivity index (χ1v) is 10.3. The van der Waals surface area contributed by atoms with E-state index in [1.165, 1.54) is 5.56 Å². The smallest absolute Gasteiger partial charge is 0.410 e. The molecule has 0 spiro atoms. The average molecular weight is 395 g/mol. The van der Waals surface area contributed by atoms with E-state index in [4.69, 9.17) is 4.74 Å². The lowest BCUT2D eigenvalue weighted by Gasteiger charge is -2.34. The Labute approximate surface area is 173 Å². The lowest BCUT2D eigenvalue weighted by atomic mass is 9.96. The van der Waals surface area contributed by atoms with Crippen LogP contribution in [0.15, 0.2) is 54.6 Å². The topological polar surface area (TPSA) is 58.6 Å². The number of nitrogens with one attached hydrogen (secondary N) is 1. The SMILES string of the molecule is CCc1ccc(C(C)NC(=O)C2(C)CCCN2C(=O)OCc2ccccc2)cc1. The first kappa shape index (κ1) is 20.9. The minimum Gasteiger partial charge on any atom is -0.445 e. The standard InChI is InChI=1S/C24H30N2O3/c1-4-19-11-13-21(14-12-19)18(2)25-22(27)24(3)15-8-16-26(24)23(28)29-17-20-9-6-5-7-10-20/h5-7,9-14,18H,4,8,15-17H2,1-3H3,(H,25,27). The zero-order valence-electron chi connectivity index (χ0n) is 17.5. The zero-order chi connectivity index (χ0) is 20.9. The number of hydrogen-bond donors (Lipinski definition) is 1. The molecule has 1 fully saturated rings. The number of carbonyl (C=O) groups excluding carboxylic acids is 2. The van der Waals surface area contributed by atoms with Gasteiger partial charge in [0.15, 0.2) is 0 Å². The van der Waals surface area contributed by atoms with Gasteiger partial charge in [0.05, 0.1) is 6.04 Å². The number of amides is 2. The maximum atomic E-state index is 13.1. The number of benzene rings is 2. The van der Waals surface area contributed by atoms with Gasteiger partial charge in [0.2, 0.25) is 5.91 Å². The summed E-state index contributed by atoms with van der Waals surface area (Å²) in [6, 6.07) is 17.7. The number of aryl methyl sites for hydroxylation is 1. The Morgan fingerprint density at radius 2 is 1.79 bits per heavy atom. The Kier molecular flexibility index (Phi) is 6.57. The summed E-state index contributed by atoms with van der Waals surface area (Å²) < 4.78 is 5.48. The van der Waals surface area contributed by atoms with Crippen molar-refractivity contribution in [2.24, 2.45) is 0 Å². The van der Waals surface area contributed by atoms with Gasteiger partial charge < -0.3 is 10.1 Å². The number of carbonyl (C=O) groups is 2. The molecule has 29 heavy (non-hydrogen) atoms. The molecule has 0 saturated carbocycles. The fourth-order valence-corrected chi connectivity index (χ4v) is 3.77. The van der Waals surface area contributed by atoms with Gasteiger partial charge in [-0.25, -0.2) is 4.79 Å². The van der Waals surface area contributed by atoms with Crippen LogP contribution in [0.5, 0.6) is 0 Å². The summed E-state index contributed by atoms with van der Waals surface area (Å²) in [5, 5.41) is 3.09. The van der Waals surface area contributed by atoms with Gasteiger partial charge in [0, 0.05) is 6.54 Å². The van der Waals surface area contributed by atoms with Crippen LogP contribution in [0.2, 0.25) is 0 Å². The monoisotopic (exact) mass is 394 g/mol. The average Bonchev–Trinajstić information content (AvgIpc) is 3.15. The lowest BCUT2D eigenvalue weighted by Crippen LogP contribution is -2.55. The Morgan fingerprint density at radius 1 is 1.10 bits per heavy atom. The van der Waals surface area contributed by atoms with Crippen molar-refractivity contribution in [2.75, 3.05) is 6.54 Å².